The van der Waals surface area contributed by atoms with Gasteiger partial charge in [0.25, 0.3) is 0 Å². The van der Waals surface area contributed by atoms with Gasteiger partial charge in [-0.2, -0.15) is 0 Å². The Morgan fingerprint density at radius 2 is 1.43 bits per heavy atom. The van der Waals surface area contributed by atoms with E-state index < -0.39 is 10.0 Å². The molecular formula is C17H30N2O2RuS. The number of hydrogen-bond donors (Lipinski definition) is 2. The Morgan fingerprint density at radius 3 is 1.83 bits per heavy atom. The molecule has 0 aliphatic heterocycles. The maximum absolute atomic E-state index is 10.9. The van der Waals surface area contributed by atoms with Crippen molar-refractivity contribution in [3.8, 4) is 0 Å². The third-order valence-corrected chi connectivity index (χ3v) is 5.24. The molecule has 0 aromatic heterocycles. The smallest absolute Gasteiger partial charge is 0.209 e. The first-order chi connectivity index (χ1) is 10.1. The second-order valence-electron chi connectivity index (χ2n) is 6.39. The van der Waals surface area contributed by atoms with Crippen LogP contribution in [0.3, 0.4) is 0 Å². The SMILES string of the molecule is CS(=O)(=O)N[C@@H]1CCCC[C@H]1N.Cc1ccc(C)c(C)c1C.[Ru]. The van der Waals surface area contributed by atoms with Crippen molar-refractivity contribution in [1.29, 1.82) is 0 Å². The van der Waals surface area contributed by atoms with Gasteiger partial charge < -0.3 is 5.73 Å². The van der Waals surface area contributed by atoms with Crippen LogP contribution in [0, 0.1) is 27.7 Å². The minimum Gasteiger partial charge on any atom is -0.326 e. The number of aryl methyl sites for hydroxylation is 2. The normalized spacial score (nSPS) is 21.0. The van der Waals surface area contributed by atoms with E-state index in [1.165, 1.54) is 28.5 Å². The van der Waals surface area contributed by atoms with Crippen molar-refractivity contribution in [2.75, 3.05) is 6.26 Å². The largest absolute Gasteiger partial charge is 0.326 e. The first-order valence-corrected chi connectivity index (χ1v) is 9.77. The first kappa shape index (κ1) is 22.7. The number of nitrogens with one attached hydrogen (secondary N) is 1. The van der Waals surface area contributed by atoms with Crippen LogP contribution in [0.1, 0.15) is 47.9 Å². The average Bonchev–Trinajstić information content (AvgIpc) is 2.43. The van der Waals surface area contributed by atoms with Gasteiger partial charge in [0.15, 0.2) is 0 Å². The van der Waals surface area contributed by atoms with Gasteiger partial charge in [0.2, 0.25) is 10.0 Å². The minimum absolute atomic E-state index is 0. The molecule has 4 nitrogen and oxygen atoms in total. The molecule has 0 bridgehead atoms. The molecule has 0 radical (unpaired) electrons. The summed E-state index contributed by atoms with van der Waals surface area (Å²) in [7, 11) is -3.09. The van der Waals surface area contributed by atoms with Gasteiger partial charge >= 0.3 is 0 Å². The van der Waals surface area contributed by atoms with Crippen molar-refractivity contribution in [3.05, 3.63) is 34.4 Å². The Hall–Kier alpha value is -0.287. The third kappa shape index (κ3) is 7.88. The van der Waals surface area contributed by atoms with Gasteiger partial charge in [0.05, 0.1) is 6.26 Å². The molecule has 0 spiro atoms. The summed E-state index contributed by atoms with van der Waals surface area (Å²) in [5, 5.41) is 0. The van der Waals surface area contributed by atoms with Gasteiger partial charge in [0.1, 0.15) is 0 Å². The molecule has 0 unspecified atom stereocenters. The van der Waals surface area contributed by atoms with E-state index in [4.69, 9.17) is 5.73 Å². The van der Waals surface area contributed by atoms with Gasteiger partial charge in [-0.1, -0.05) is 25.0 Å². The summed E-state index contributed by atoms with van der Waals surface area (Å²) in [4.78, 5) is 0. The standard InChI is InChI=1S/C10H14.C7H16N2O2S.Ru/c1-7-5-6-8(2)10(4)9(7)3;1-12(10,11)9-7-5-3-2-4-6(7)8;/h5-6H,1-4H3;6-7,9H,2-5,8H2,1H3;/t;6-,7-;/m.1./s1. The van der Waals surface area contributed by atoms with Crippen molar-refractivity contribution in [2.45, 2.75) is 65.5 Å². The van der Waals surface area contributed by atoms with Crippen LogP contribution in [0.15, 0.2) is 12.1 Å². The Balaban J connectivity index is 0.000000409. The molecule has 1 aromatic rings. The monoisotopic (exact) mass is 428 g/mol. The summed E-state index contributed by atoms with van der Waals surface area (Å²) in [6.45, 7) is 8.67. The molecule has 1 saturated carbocycles. The summed E-state index contributed by atoms with van der Waals surface area (Å²) in [5.41, 5.74) is 11.4. The van der Waals surface area contributed by atoms with Crippen LogP contribution in [0.2, 0.25) is 0 Å². The van der Waals surface area contributed by atoms with Gasteiger partial charge in [-0.05, 0) is 62.8 Å². The molecule has 0 heterocycles. The molecule has 1 aromatic carbocycles. The summed E-state index contributed by atoms with van der Waals surface area (Å²) in [5.74, 6) is 0. The van der Waals surface area contributed by atoms with Crippen LogP contribution in [0.25, 0.3) is 0 Å². The van der Waals surface area contributed by atoms with Crippen LogP contribution in [0.5, 0.6) is 0 Å². The van der Waals surface area contributed by atoms with Crippen molar-refractivity contribution < 1.29 is 27.9 Å². The van der Waals surface area contributed by atoms with Crippen LogP contribution in [-0.4, -0.2) is 26.8 Å². The second kappa shape index (κ2) is 9.88. The molecular weight excluding hydrogens is 397 g/mol. The fraction of sp³-hybridized carbons (Fsp3) is 0.647. The molecule has 1 aliphatic carbocycles. The predicted octanol–water partition coefficient (Wildman–Crippen LogP) is 2.72. The Bertz CT molecular complexity index is 576. The van der Waals surface area contributed by atoms with E-state index in [9.17, 15) is 8.42 Å². The fourth-order valence-electron chi connectivity index (χ4n) is 2.67. The van der Waals surface area contributed by atoms with Gasteiger partial charge in [-0.25, -0.2) is 13.1 Å². The van der Waals surface area contributed by atoms with Crippen LogP contribution >= 0.6 is 0 Å². The molecule has 2 atom stereocenters. The zero-order valence-electron chi connectivity index (χ0n) is 14.8. The van der Waals surface area contributed by atoms with E-state index >= 15 is 0 Å². The Labute approximate surface area is 154 Å². The molecule has 0 saturated heterocycles. The van der Waals surface area contributed by atoms with Crippen molar-refractivity contribution in [3.63, 3.8) is 0 Å². The van der Waals surface area contributed by atoms with Crippen molar-refractivity contribution in [1.82, 2.24) is 4.72 Å². The second-order valence-corrected chi connectivity index (χ2v) is 8.17. The fourth-order valence-corrected chi connectivity index (χ4v) is 3.51. The number of sulfonamides is 1. The maximum atomic E-state index is 10.9. The van der Waals surface area contributed by atoms with Crippen LogP contribution in [0.4, 0.5) is 0 Å². The van der Waals surface area contributed by atoms with Gasteiger partial charge in [-0.15, -0.1) is 0 Å². The van der Waals surface area contributed by atoms with Gasteiger partial charge in [0, 0.05) is 31.6 Å². The number of nitrogens with two attached hydrogens (primary N) is 1. The Morgan fingerprint density at radius 1 is 1.00 bits per heavy atom. The topological polar surface area (TPSA) is 72.2 Å². The molecule has 3 N–H and O–H groups in total. The Kier molecular flexibility index (Phi) is 9.75. The number of rotatable bonds is 2. The van der Waals surface area contributed by atoms with Gasteiger partial charge in [-0.3, -0.25) is 0 Å². The van der Waals surface area contributed by atoms with E-state index in [2.05, 4.69) is 44.5 Å². The molecule has 23 heavy (non-hydrogen) atoms. The van der Waals surface area contributed by atoms with E-state index in [0.29, 0.717) is 0 Å². The molecule has 0 amide bonds. The molecule has 1 aliphatic rings. The molecule has 134 valence electrons. The van der Waals surface area contributed by atoms with Crippen LogP contribution < -0.4 is 10.5 Å². The number of benzene rings is 1. The predicted molar refractivity (Wildman–Crippen MR) is 93.6 cm³/mol. The van der Waals surface area contributed by atoms with Crippen LogP contribution in [-0.2, 0) is 29.5 Å². The average molecular weight is 428 g/mol. The molecule has 6 heteroatoms. The van der Waals surface area contributed by atoms with E-state index in [1.54, 1.807) is 0 Å². The third-order valence-electron chi connectivity index (χ3n) is 4.51. The first-order valence-electron chi connectivity index (χ1n) is 7.88. The summed E-state index contributed by atoms with van der Waals surface area (Å²) in [6, 6.07) is 4.30. The van der Waals surface area contributed by atoms with E-state index in [0.717, 1.165) is 25.7 Å². The van der Waals surface area contributed by atoms with E-state index in [1.807, 2.05) is 0 Å². The van der Waals surface area contributed by atoms with E-state index in [-0.39, 0.29) is 31.6 Å². The summed E-state index contributed by atoms with van der Waals surface area (Å²) in [6.07, 6.45) is 5.15. The summed E-state index contributed by atoms with van der Waals surface area (Å²) >= 11 is 0. The quantitative estimate of drug-likeness (QED) is 0.713. The molecule has 2 rings (SSSR count). The summed E-state index contributed by atoms with van der Waals surface area (Å²) < 4.78 is 24.3. The minimum atomic E-state index is -3.09. The number of hydrogen-bond acceptors (Lipinski definition) is 3. The maximum Gasteiger partial charge on any atom is 0.209 e. The zero-order valence-corrected chi connectivity index (χ0v) is 17.3. The zero-order chi connectivity index (χ0) is 16.9. The van der Waals surface area contributed by atoms with Crippen molar-refractivity contribution in [2.24, 2.45) is 5.73 Å². The van der Waals surface area contributed by atoms with Crippen molar-refractivity contribution >= 4 is 10.0 Å². The molecule has 1 fully saturated rings.